The second-order valence-corrected chi connectivity index (χ2v) is 8.16. The fourth-order valence-electron chi connectivity index (χ4n) is 2.88. The van der Waals surface area contributed by atoms with Gasteiger partial charge in [0, 0.05) is 21.3 Å². The Morgan fingerprint density at radius 2 is 1.74 bits per heavy atom. The first-order valence-electron chi connectivity index (χ1n) is 10.3. The predicted octanol–water partition coefficient (Wildman–Crippen LogP) is 5.37. The molecular weight excluding hydrogens is 477 g/mol. The number of hydrazone groups is 1. The number of aryl methyl sites for hydroxylation is 1. The number of nitrogens with zero attached hydrogens (tertiary/aromatic N) is 1. The Morgan fingerprint density at radius 3 is 2.44 bits per heavy atom. The number of carbonyl (C=O) groups is 2. The van der Waals surface area contributed by atoms with E-state index in [0.717, 1.165) is 11.1 Å². The van der Waals surface area contributed by atoms with Crippen molar-refractivity contribution in [3.05, 3.63) is 87.4 Å². The average Bonchev–Trinajstić information content (AvgIpc) is 2.80. The lowest BCUT2D eigenvalue weighted by Gasteiger charge is -2.12. The van der Waals surface area contributed by atoms with Gasteiger partial charge in [0.15, 0.2) is 11.5 Å². The maximum atomic E-state index is 12.0. The van der Waals surface area contributed by atoms with E-state index in [2.05, 4.69) is 15.8 Å². The molecule has 0 atom stereocenters. The van der Waals surface area contributed by atoms with Crippen molar-refractivity contribution in [2.75, 3.05) is 12.4 Å². The fourth-order valence-corrected chi connectivity index (χ4v) is 3.35. The number of hydrogen-bond donors (Lipinski definition) is 2. The van der Waals surface area contributed by atoms with Gasteiger partial charge in [-0.2, -0.15) is 5.10 Å². The Kier molecular flexibility index (Phi) is 8.90. The Morgan fingerprint density at radius 1 is 0.971 bits per heavy atom. The van der Waals surface area contributed by atoms with Gasteiger partial charge in [0.2, 0.25) is 11.8 Å². The first kappa shape index (κ1) is 25.1. The molecule has 0 spiro atoms. The number of ether oxygens (including phenoxy) is 2. The number of methoxy groups -OCH3 is 1. The summed E-state index contributed by atoms with van der Waals surface area (Å²) in [6.07, 6.45) is 1.09. The second kappa shape index (κ2) is 12.1. The summed E-state index contributed by atoms with van der Waals surface area (Å²) >= 11 is 12.1. The SMILES string of the molecule is COc1cc(C=NNC(=O)CC(=O)Nc2ccc(C)cc2)ccc1OCc1ccc(Cl)cc1Cl. The molecule has 0 unspecified atom stereocenters. The van der Waals surface area contributed by atoms with Crippen LogP contribution in [0, 0.1) is 6.92 Å². The van der Waals surface area contributed by atoms with Crippen LogP contribution in [0.15, 0.2) is 65.8 Å². The number of anilines is 1. The standard InChI is InChI=1S/C25H23Cl2N3O4/c1-16-3-8-20(9-4-16)29-24(31)13-25(32)30-28-14-17-5-10-22(23(11-17)33-2)34-15-18-6-7-19(26)12-21(18)27/h3-12,14H,13,15H2,1-2H3,(H,29,31)(H,30,32). The van der Waals surface area contributed by atoms with Crippen molar-refractivity contribution in [2.24, 2.45) is 5.10 Å². The molecule has 9 heteroatoms. The summed E-state index contributed by atoms with van der Waals surface area (Å²) < 4.78 is 11.2. The molecule has 0 radical (unpaired) electrons. The molecule has 2 N–H and O–H groups in total. The molecule has 0 fully saturated rings. The van der Waals surface area contributed by atoms with Gasteiger partial charge in [-0.25, -0.2) is 5.43 Å². The number of amides is 2. The van der Waals surface area contributed by atoms with Gasteiger partial charge in [0.25, 0.3) is 0 Å². The van der Waals surface area contributed by atoms with Gasteiger partial charge in [-0.1, -0.05) is 47.0 Å². The zero-order valence-electron chi connectivity index (χ0n) is 18.6. The minimum atomic E-state index is -0.535. The van der Waals surface area contributed by atoms with Gasteiger partial charge in [-0.05, 0) is 55.0 Å². The highest BCUT2D eigenvalue weighted by Crippen LogP contribution is 2.29. The van der Waals surface area contributed by atoms with Crippen LogP contribution in [0.3, 0.4) is 0 Å². The molecule has 0 aromatic heterocycles. The molecule has 3 aromatic carbocycles. The van der Waals surface area contributed by atoms with Crippen LogP contribution < -0.4 is 20.2 Å². The number of carbonyl (C=O) groups excluding carboxylic acids is 2. The third kappa shape index (κ3) is 7.50. The molecule has 3 aromatic rings. The lowest BCUT2D eigenvalue weighted by molar-refractivity contribution is -0.126. The van der Waals surface area contributed by atoms with Crippen molar-refractivity contribution in [1.82, 2.24) is 5.43 Å². The van der Waals surface area contributed by atoms with Crippen LogP contribution in [0.5, 0.6) is 11.5 Å². The van der Waals surface area contributed by atoms with E-state index in [9.17, 15) is 9.59 Å². The Labute approximate surface area is 207 Å². The third-order valence-corrected chi connectivity index (χ3v) is 5.23. The summed E-state index contributed by atoms with van der Waals surface area (Å²) in [7, 11) is 1.52. The highest BCUT2D eigenvalue weighted by Gasteiger charge is 2.10. The van der Waals surface area contributed by atoms with E-state index in [4.69, 9.17) is 32.7 Å². The van der Waals surface area contributed by atoms with Crippen molar-refractivity contribution < 1.29 is 19.1 Å². The molecule has 0 aliphatic rings. The summed E-state index contributed by atoms with van der Waals surface area (Å²) in [5, 5.41) is 7.63. The second-order valence-electron chi connectivity index (χ2n) is 7.32. The Bertz CT molecular complexity index is 1200. The Balaban J connectivity index is 1.52. The number of halogens is 2. The molecule has 0 heterocycles. The maximum Gasteiger partial charge on any atom is 0.249 e. The largest absolute Gasteiger partial charge is 0.493 e. The van der Waals surface area contributed by atoms with Crippen LogP contribution >= 0.6 is 23.2 Å². The highest BCUT2D eigenvalue weighted by molar-refractivity contribution is 6.35. The number of rotatable bonds is 9. The first-order chi connectivity index (χ1) is 16.3. The van der Waals surface area contributed by atoms with Crippen LogP contribution in [0.25, 0.3) is 0 Å². The van der Waals surface area contributed by atoms with Crippen LogP contribution in [0.2, 0.25) is 10.0 Å². The fraction of sp³-hybridized carbons (Fsp3) is 0.160. The molecule has 2 amide bonds. The van der Waals surface area contributed by atoms with E-state index < -0.39 is 11.8 Å². The summed E-state index contributed by atoms with van der Waals surface area (Å²) in [6, 6.07) is 17.7. The molecule has 0 aliphatic heterocycles. The lowest BCUT2D eigenvalue weighted by Crippen LogP contribution is -2.24. The third-order valence-electron chi connectivity index (χ3n) is 4.65. The van der Waals surface area contributed by atoms with Gasteiger partial charge < -0.3 is 14.8 Å². The minimum Gasteiger partial charge on any atom is -0.493 e. The zero-order valence-corrected chi connectivity index (χ0v) is 20.1. The van der Waals surface area contributed by atoms with Gasteiger partial charge in [-0.15, -0.1) is 0 Å². The van der Waals surface area contributed by atoms with Crippen LogP contribution in [-0.2, 0) is 16.2 Å². The molecule has 176 valence electrons. The van der Waals surface area contributed by atoms with Crippen molar-refractivity contribution >= 4 is 46.9 Å². The molecule has 0 saturated heterocycles. The molecule has 7 nitrogen and oxygen atoms in total. The van der Waals surface area contributed by atoms with Crippen LogP contribution in [0.1, 0.15) is 23.1 Å². The van der Waals surface area contributed by atoms with E-state index in [1.165, 1.54) is 13.3 Å². The molecular formula is C25H23Cl2N3O4. The summed E-state index contributed by atoms with van der Waals surface area (Å²) in [5.74, 6) is 0.0356. The average molecular weight is 500 g/mol. The van der Waals surface area contributed by atoms with Gasteiger partial charge in [-0.3, -0.25) is 9.59 Å². The normalized spacial score (nSPS) is 10.7. The molecule has 3 rings (SSSR count). The van der Waals surface area contributed by atoms with Crippen molar-refractivity contribution in [3.63, 3.8) is 0 Å². The van der Waals surface area contributed by atoms with E-state index in [1.54, 1.807) is 48.5 Å². The smallest absolute Gasteiger partial charge is 0.249 e. The summed E-state index contributed by atoms with van der Waals surface area (Å²) in [5.41, 5.74) is 5.49. The number of benzene rings is 3. The minimum absolute atomic E-state index is 0.237. The van der Waals surface area contributed by atoms with Gasteiger partial charge in [0.05, 0.1) is 13.3 Å². The lowest BCUT2D eigenvalue weighted by atomic mass is 10.2. The maximum absolute atomic E-state index is 12.0. The van der Waals surface area contributed by atoms with Gasteiger partial charge in [0.1, 0.15) is 13.0 Å². The Hall–Kier alpha value is -3.55. The quantitative estimate of drug-likeness (QED) is 0.235. The first-order valence-corrected chi connectivity index (χ1v) is 11.0. The van der Waals surface area contributed by atoms with Crippen LogP contribution in [0.4, 0.5) is 5.69 Å². The molecule has 0 bridgehead atoms. The summed E-state index contributed by atoms with van der Waals surface area (Å²) in [4.78, 5) is 24.0. The number of nitrogens with one attached hydrogen (secondary N) is 2. The zero-order chi connectivity index (χ0) is 24.5. The van der Waals surface area contributed by atoms with Crippen LogP contribution in [-0.4, -0.2) is 25.1 Å². The predicted molar refractivity (Wildman–Crippen MR) is 134 cm³/mol. The van der Waals surface area contributed by atoms with E-state index in [0.29, 0.717) is 32.8 Å². The van der Waals surface area contributed by atoms with E-state index in [1.807, 2.05) is 19.1 Å². The van der Waals surface area contributed by atoms with E-state index >= 15 is 0 Å². The van der Waals surface area contributed by atoms with Crippen molar-refractivity contribution in [1.29, 1.82) is 0 Å². The molecule has 0 aliphatic carbocycles. The van der Waals surface area contributed by atoms with Gasteiger partial charge >= 0.3 is 0 Å². The topological polar surface area (TPSA) is 89.0 Å². The monoisotopic (exact) mass is 499 g/mol. The van der Waals surface area contributed by atoms with Crippen molar-refractivity contribution in [2.45, 2.75) is 20.0 Å². The molecule has 0 saturated carbocycles. The van der Waals surface area contributed by atoms with E-state index in [-0.39, 0.29) is 13.0 Å². The highest BCUT2D eigenvalue weighted by atomic mass is 35.5. The summed E-state index contributed by atoms with van der Waals surface area (Å²) in [6.45, 7) is 2.19. The molecule has 34 heavy (non-hydrogen) atoms. The van der Waals surface area contributed by atoms with Crippen molar-refractivity contribution in [3.8, 4) is 11.5 Å². The number of hydrogen-bond acceptors (Lipinski definition) is 5.